The summed E-state index contributed by atoms with van der Waals surface area (Å²) in [5.41, 5.74) is -0.606. The number of carbonyl (C=O) groups is 2. The van der Waals surface area contributed by atoms with Gasteiger partial charge in [-0.05, 0) is 52.5 Å². The first kappa shape index (κ1) is 19.3. The average Bonchev–Trinajstić information content (AvgIpc) is 2.54. The zero-order valence-electron chi connectivity index (χ0n) is 15.7. The zero-order valence-corrected chi connectivity index (χ0v) is 15.7. The fourth-order valence-electron chi connectivity index (χ4n) is 3.29. The predicted octanol–water partition coefficient (Wildman–Crippen LogP) is 3.95. The minimum atomic E-state index is -1.00. The van der Waals surface area contributed by atoms with Gasteiger partial charge in [0.1, 0.15) is 11.1 Å². The lowest BCUT2D eigenvalue weighted by molar-refractivity contribution is -0.160. The van der Waals surface area contributed by atoms with Crippen molar-refractivity contribution in [1.29, 1.82) is 0 Å². The van der Waals surface area contributed by atoms with Gasteiger partial charge in [-0.25, -0.2) is 9.59 Å². The number of esters is 1. The third kappa shape index (κ3) is 4.74. The van der Waals surface area contributed by atoms with Crippen molar-refractivity contribution in [2.24, 2.45) is 0 Å². The molecule has 0 bridgehead atoms. The monoisotopic (exact) mass is 347 g/mol. The molecule has 1 saturated heterocycles. The average molecular weight is 347 g/mol. The second-order valence-electron chi connectivity index (χ2n) is 7.50. The molecule has 1 atom stereocenters. The normalized spacial score (nSPS) is 20.9. The standard InChI is InChI=1S/C20H29NO4/c1-5-24-17(22)20(15-16-11-7-6-8-12-16)13-9-10-14-21(20)18(23)25-19(2,3)4/h6-8,11-12H,5,9-10,13-15H2,1-4H3/t20-/m1/s1. The van der Waals surface area contributed by atoms with E-state index in [4.69, 9.17) is 9.47 Å². The van der Waals surface area contributed by atoms with E-state index in [1.807, 2.05) is 51.1 Å². The van der Waals surface area contributed by atoms with E-state index < -0.39 is 17.2 Å². The number of carbonyl (C=O) groups excluding carboxylic acids is 2. The van der Waals surface area contributed by atoms with E-state index in [2.05, 4.69) is 0 Å². The molecule has 1 amide bonds. The summed E-state index contributed by atoms with van der Waals surface area (Å²) in [5.74, 6) is -0.343. The van der Waals surface area contributed by atoms with Crippen LogP contribution in [-0.4, -0.2) is 41.3 Å². The summed E-state index contributed by atoms with van der Waals surface area (Å²) in [6, 6.07) is 9.77. The fourth-order valence-corrected chi connectivity index (χ4v) is 3.29. The lowest BCUT2D eigenvalue weighted by Gasteiger charge is -2.45. The second kappa shape index (κ2) is 7.89. The van der Waals surface area contributed by atoms with Gasteiger partial charge in [-0.15, -0.1) is 0 Å². The number of ether oxygens (including phenoxy) is 2. The molecule has 138 valence electrons. The number of rotatable bonds is 4. The quantitative estimate of drug-likeness (QED) is 0.774. The van der Waals surface area contributed by atoms with Gasteiger partial charge in [0.05, 0.1) is 6.61 Å². The molecule has 1 aliphatic heterocycles. The molecule has 0 N–H and O–H groups in total. The Morgan fingerprint density at radius 1 is 1.16 bits per heavy atom. The molecule has 1 aromatic carbocycles. The summed E-state index contributed by atoms with van der Waals surface area (Å²) in [7, 11) is 0. The van der Waals surface area contributed by atoms with Crippen LogP contribution >= 0.6 is 0 Å². The SMILES string of the molecule is CCOC(=O)[C@]1(Cc2ccccc2)CCCCN1C(=O)OC(C)(C)C. The highest BCUT2D eigenvalue weighted by Gasteiger charge is 2.50. The van der Waals surface area contributed by atoms with Gasteiger partial charge in [0.25, 0.3) is 0 Å². The van der Waals surface area contributed by atoms with Crippen molar-refractivity contribution in [1.82, 2.24) is 4.90 Å². The fraction of sp³-hybridized carbons (Fsp3) is 0.600. The summed E-state index contributed by atoms with van der Waals surface area (Å²) in [6.45, 7) is 8.07. The van der Waals surface area contributed by atoms with E-state index in [1.165, 1.54) is 0 Å². The molecule has 0 aromatic heterocycles. The number of piperidine rings is 1. The first-order valence-corrected chi connectivity index (χ1v) is 9.00. The van der Waals surface area contributed by atoms with Crippen LogP contribution in [0.5, 0.6) is 0 Å². The number of hydrogen-bond donors (Lipinski definition) is 0. The van der Waals surface area contributed by atoms with Gasteiger partial charge >= 0.3 is 12.1 Å². The Kier molecular flexibility index (Phi) is 6.09. The van der Waals surface area contributed by atoms with Crippen molar-refractivity contribution in [2.45, 2.75) is 64.5 Å². The van der Waals surface area contributed by atoms with Crippen LogP contribution in [0.4, 0.5) is 4.79 Å². The highest BCUT2D eigenvalue weighted by Crippen LogP contribution is 2.34. The van der Waals surface area contributed by atoms with Crippen LogP contribution in [0.25, 0.3) is 0 Å². The Bertz CT molecular complexity index is 593. The Morgan fingerprint density at radius 3 is 2.44 bits per heavy atom. The molecular formula is C20H29NO4. The van der Waals surface area contributed by atoms with Crippen molar-refractivity contribution in [3.8, 4) is 0 Å². The smallest absolute Gasteiger partial charge is 0.411 e. The van der Waals surface area contributed by atoms with Crippen molar-refractivity contribution in [2.75, 3.05) is 13.2 Å². The highest BCUT2D eigenvalue weighted by atomic mass is 16.6. The predicted molar refractivity (Wildman–Crippen MR) is 96.3 cm³/mol. The van der Waals surface area contributed by atoms with Gasteiger partial charge in [0, 0.05) is 13.0 Å². The minimum Gasteiger partial charge on any atom is -0.464 e. The summed E-state index contributed by atoms with van der Waals surface area (Å²) < 4.78 is 11.0. The third-order valence-electron chi connectivity index (χ3n) is 4.35. The largest absolute Gasteiger partial charge is 0.464 e. The molecule has 5 heteroatoms. The number of likely N-dealkylation sites (tertiary alicyclic amines) is 1. The van der Waals surface area contributed by atoms with Gasteiger partial charge in [0.15, 0.2) is 0 Å². The maximum atomic E-state index is 12.9. The van der Waals surface area contributed by atoms with E-state index in [-0.39, 0.29) is 12.6 Å². The van der Waals surface area contributed by atoms with Crippen LogP contribution < -0.4 is 0 Å². The van der Waals surface area contributed by atoms with Gasteiger partial charge in [-0.3, -0.25) is 4.90 Å². The molecule has 0 aliphatic carbocycles. The molecule has 1 aliphatic rings. The first-order chi connectivity index (χ1) is 11.8. The number of nitrogens with zero attached hydrogens (tertiary/aromatic N) is 1. The maximum absolute atomic E-state index is 12.9. The molecule has 0 saturated carbocycles. The lowest BCUT2D eigenvalue weighted by Crippen LogP contribution is -2.62. The molecule has 1 heterocycles. The summed E-state index contributed by atoms with van der Waals surface area (Å²) in [4.78, 5) is 27.3. The molecule has 1 aromatic rings. The topological polar surface area (TPSA) is 55.8 Å². The lowest BCUT2D eigenvalue weighted by atomic mass is 9.81. The van der Waals surface area contributed by atoms with Gasteiger partial charge in [-0.1, -0.05) is 30.3 Å². The number of hydrogen-bond acceptors (Lipinski definition) is 4. The van der Waals surface area contributed by atoms with Crippen LogP contribution in [0.3, 0.4) is 0 Å². The number of amides is 1. The van der Waals surface area contributed by atoms with Gasteiger partial charge < -0.3 is 9.47 Å². The molecule has 0 unspecified atom stereocenters. The molecule has 0 spiro atoms. The Balaban J connectivity index is 2.38. The number of benzene rings is 1. The summed E-state index contributed by atoms with van der Waals surface area (Å²) in [6.07, 6.45) is 2.31. The van der Waals surface area contributed by atoms with Gasteiger partial charge in [-0.2, -0.15) is 0 Å². The highest BCUT2D eigenvalue weighted by molar-refractivity contribution is 5.86. The summed E-state index contributed by atoms with van der Waals surface area (Å²) >= 11 is 0. The molecule has 25 heavy (non-hydrogen) atoms. The van der Waals surface area contributed by atoms with Crippen LogP contribution in [-0.2, 0) is 20.7 Å². The van der Waals surface area contributed by atoms with Crippen molar-refractivity contribution in [3.63, 3.8) is 0 Å². The first-order valence-electron chi connectivity index (χ1n) is 9.00. The van der Waals surface area contributed by atoms with E-state index in [0.717, 1.165) is 18.4 Å². The van der Waals surface area contributed by atoms with Crippen molar-refractivity contribution < 1.29 is 19.1 Å². The molecule has 2 rings (SSSR count). The third-order valence-corrected chi connectivity index (χ3v) is 4.35. The molecular weight excluding hydrogens is 318 g/mol. The van der Waals surface area contributed by atoms with Crippen LogP contribution in [0.1, 0.15) is 52.5 Å². The van der Waals surface area contributed by atoms with E-state index in [0.29, 0.717) is 19.4 Å². The van der Waals surface area contributed by atoms with Crippen LogP contribution in [0.2, 0.25) is 0 Å². The maximum Gasteiger partial charge on any atom is 0.411 e. The Morgan fingerprint density at radius 2 is 1.84 bits per heavy atom. The summed E-state index contributed by atoms with van der Waals surface area (Å²) in [5, 5.41) is 0. The van der Waals surface area contributed by atoms with Crippen LogP contribution in [0.15, 0.2) is 30.3 Å². The van der Waals surface area contributed by atoms with E-state index in [1.54, 1.807) is 11.8 Å². The van der Waals surface area contributed by atoms with E-state index in [9.17, 15) is 9.59 Å². The minimum absolute atomic E-state index is 0.289. The zero-order chi connectivity index (χ0) is 18.5. The second-order valence-corrected chi connectivity index (χ2v) is 7.50. The van der Waals surface area contributed by atoms with Gasteiger partial charge in [0.2, 0.25) is 0 Å². The van der Waals surface area contributed by atoms with Crippen LogP contribution in [0, 0.1) is 0 Å². The molecule has 1 fully saturated rings. The van der Waals surface area contributed by atoms with Crippen molar-refractivity contribution in [3.05, 3.63) is 35.9 Å². The molecule has 0 radical (unpaired) electrons. The molecule has 5 nitrogen and oxygen atoms in total. The van der Waals surface area contributed by atoms with Crippen molar-refractivity contribution >= 4 is 12.1 Å². The van der Waals surface area contributed by atoms with E-state index >= 15 is 0 Å². The Labute approximate surface area is 150 Å². The Hall–Kier alpha value is -2.04.